The minimum Gasteiger partial charge on any atom is -0.374 e. The zero-order valence-corrected chi connectivity index (χ0v) is 13.0. The molecule has 0 spiro atoms. The van der Waals surface area contributed by atoms with E-state index in [2.05, 4.69) is 15.2 Å². The molecule has 2 aromatic heterocycles. The van der Waals surface area contributed by atoms with E-state index in [9.17, 15) is 4.79 Å². The molecule has 0 bridgehead atoms. The number of nitrogens with zero attached hydrogens (tertiary/aromatic N) is 5. The quantitative estimate of drug-likeness (QED) is 0.840. The molecule has 3 heterocycles. The van der Waals surface area contributed by atoms with Crippen LogP contribution in [0, 0.1) is 0 Å². The van der Waals surface area contributed by atoms with Gasteiger partial charge in [0, 0.05) is 24.9 Å². The van der Waals surface area contributed by atoms with Gasteiger partial charge in [0.05, 0.1) is 12.7 Å². The van der Waals surface area contributed by atoms with Gasteiger partial charge >= 0.3 is 0 Å². The molecule has 1 aliphatic carbocycles. The van der Waals surface area contributed by atoms with E-state index in [-0.39, 0.29) is 24.6 Å². The Kier molecular flexibility index (Phi) is 3.60. The number of amides is 1. The van der Waals surface area contributed by atoms with E-state index in [0.29, 0.717) is 25.0 Å². The molecule has 23 heavy (non-hydrogen) atoms. The van der Waals surface area contributed by atoms with Crippen molar-refractivity contribution >= 4 is 5.91 Å². The van der Waals surface area contributed by atoms with E-state index < -0.39 is 0 Å². The first-order valence-corrected chi connectivity index (χ1v) is 7.94. The third-order valence-electron chi connectivity index (χ3n) is 4.32. The third kappa shape index (κ3) is 2.86. The molecule has 122 valence electrons. The Morgan fingerprint density at radius 2 is 2.30 bits per heavy atom. The predicted molar refractivity (Wildman–Crippen MR) is 78.4 cm³/mol. The van der Waals surface area contributed by atoms with E-state index >= 15 is 0 Å². The van der Waals surface area contributed by atoms with Gasteiger partial charge in [-0.15, -0.1) is 0 Å². The second kappa shape index (κ2) is 5.77. The number of aromatic nitrogens is 4. The van der Waals surface area contributed by atoms with Gasteiger partial charge in [0.25, 0.3) is 5.89 Å². The van der Waals surface area contributed by atoms with E-state index in [0.717, 1.165) is 18.7 Å². The Morgan fingerprint density at radius 1 is 1.43 bits per heavy atom. The number of hydrogen-bond donors (Lipinski definition) is 0. The molecule has 4 rings (SSSR count). The van der Waals surface area contributed by atoms with Gasteiger partial charge in [-0.1, -0.05) is 5.16 Å². The molecule has 0 radical (unpaired) electrons. The van der Waals surface area contributed by atoms with Crippen molar-refractivity contribution < 1.29 is 14.1 Å². The Labute approximate surface area is 133 Å². The molecule has 2 atom stereocenters. The highest BCUT2D eigenvalue weighted by Crippen LogP contribution is 2.39. The minimum absolute atomic E-state index is 0.0278. The molecule has 2 fully saturated rings. The molecule has 1 amide bonds. The van der Waals surface area contributed by atoms with Crippen molar-refractivity contribution in [1.29, 1.82) is 0 Å². The van der Waals surface area contributed by atoms with Crippen LogP contribution in [0.4, 0.5) is 0 Å². The van der Waals surface area contributed by atoms with Crippen molar-refractivity contribution in [3.8, 4) is 0 Å². The first kappa shape index (κ1) is 14.4. The molecule has 0 unspecified atom stereocenters. The maximum Gasteiger partial charge on any atom is 0.252 e. The molecule has 1 aliphatic heterocycles. The highest BCUT2D eigenvalue weighted by atomic mass is 16.5. The largest absolute Gasteiger partial charge is 0.374 e. The van der Waals surface area contributed by atoms with Gasteiger partial charge in [0.1, 0.15) is 12.6 Å². The molecule has 1 saturated carbocycles. The standard InChI is InChI=1S/C15H19N5O3/c1-10-13(15-17-14(18-23-15)11-3-4-11)20(7-8-22-10)12(21)9-19-6-2-5-16-19/h2,5-6,10-11,13H,3-4,7-9H2,1H3/t10-,13+/m1/s1. The molecule has 8 nitrogen and oxygen atoms in total. The Hall–Kier alpha value is -2.22. The fourth-order valence-corrected chi connectivity index (χ4v) is 2.93. The van der Waals surface area contributed by atoms with Crippen molar-refractivity contribution in [3.05, 3.63) is 30.2 Å². The summed E-state index contributed by atoms with van der Waals surface area (Å²) in [6.45, 7) is 3.14. The highest BCUT2D eigenvalue weighted by molar-refractivity contribution is 5.76. The minimum atomic E-state index is -0.341. The van der Waals surface area contributed by atoms with Crippen LogP contribution in [0.5, 0.6) is 0 Å². The maximum absolute atomic E-state index is 12.7. The van der Waals surface area contributed by atoms with Gasteiger partial charge < -0.3 is 14.2 Å². The SMILES string of the molecule is C[C@H]1OCCN(C(=O)Cn2cccn2)[C@@H]1c1nc(C2CC2)no1. The molecule has 1 saturated heterocycles. The number of carbonyl (C=O) groups is 1. The third-order valence-corrected chi connectivity index (χ3v) is 4.32. The lowest BCUT2D eigenvalue weighted by molar-refractivity contribution is -0.148. The summed E-state index contributed by atoms with van der Waals surface area (Å²) in [5, 5.41) is 8.15. The second-order valence-corrected chi connectivity index (χ2v) is 6.08. The van der Waals surface area contributed by atoms with Crippen LogP contribution in [0.2, 0.25) is 0 Å². The summed E-state index contributed by atoms with van der Waals surface area (Å²) in [5.74, 6) is 1.60. The summed E-state index contributed by atoms with van der Waals surface area (Å²) in [6.07, 6.45) is 5.47. The highest BCUT2D eigenvalue weighted by Gasteiger charge is 2.39. The van der Waals surface area contributed by atoms with Crippen LogP contribution in [-0.2, 0) is 16.1 Å². The molecular weight excluding hydrogens is 298 g/mol. The van der Waals surface area contributed by atoms with Crippen LogP contribution < -0.4 is 0 Å². The predicted octanol–water partition coefficient (Wildman–Crippen LogP) is 1.13. The summed E-state index contributed by atoms with van der Waals surface area (Å²) in [7, 11) is 0. The fourth-order valence-electron chi connectivity index (χ4n) is 2.93. The van der Waals surface area contributed by atoms with Crippen LogP contribution >= 0.6 is 0 Å². The van der Waals surface area contributed by atoms with Gasteiger partial charge in [0.15, 0.2) is 5.82 Å². The maximum atomic E-state index is 12.7. The normalized spacial score (nSPS) is 24.8. The van der Waals surface area contributed by atoms with Gasteiger partial charge in [0.2, 0.25) is 5.91 Å². The van der Waals surface area contributed by atoms with Crippen LogP contribution in [0.25, 0.3) is 0 Å². The summed E-state index contributed by atoms with van der Waals surface area (Å²) < 4.78 is 12.7. The van der Waals surface area contributed by atoms with Crippen molar-refractivity contribution in [1.82, 2.24) is 24.8 Å². The molecular formula is C15H19N5O3. The summed E-state index contributed by atoms with van der Waals surface area (Å²) in [6, 6.07) is 1.46. The van der Waals surface area contributed by atoms with Gasteiger partial charge in [-0.2, -0.15) is 10.1 Å². The first-order valence-electron chi connectivity index (χ1n) is 7.94. The lowest BCUT2D eigenvalue weighted by atomic mass is 10.1. The van der Waals surface area contributed by atoms with Gasteiger partial charge in [-0.3, -0.25) is 9.48 Å². The zero-order valence-electron chi connectivity index (χ0n) is 13.0. The molecule has 2 aliphatic rings. The average Bonchev–Trinajstić information content (AvgIpc) is 3.07. The summed E-state index contributed by atoms with van der Waals surface area (Å²) in [4.78, 5) is 18.9. The second-order valence-electron chi connectivity index (χ2n) is 6.08. The van der Waals surface area contributed by atoms with E-state index in [4.69, 9.17) is 9.26 Å². The van der Waals surface area contributed by atoms with Crippen molar-refractivity contribution in [3.63, 3.8) is 0 Å². The number of morpholine rings is 1. The van der Waals surface area contributed by atoms with Crippen molar-refractivity contribution in [2.24, 2.45) is 0 Å². The number of hydrogen-bond acceptors (Lipinski definition) is 6. The van der Waals surface area contributed by atoms with E-state index in [1.54, 1.807) is 28.0 Å². The Balaban J connectivity index is 1.56. The first-order chi connectivity index (χ1) is 11.2. The lowest BCUT2D eigenvalue weighted by Gasteiger charge is -2.37. The van der Waals surface area contributed by atoms with Crippen molar-refractivity contribution in [2.75, 3.05) is 13.2 Å². The van der Waals surface area contributed by atoms with Gasteiger partial charge in [-0.05, 0) is 25.8 Å². The molecule has 0 aromatic carbocycles. The van der Waals surface area contributed by atoms with Crippen LogP contribution in [-0.4, -0.2) is 50.0 Å². The molecule has 0 N–H and O–H groups in total. The monoisotopic (exact) mass is 317 g/mol. The van der Waals surface area contributed by atoms with Crippen LogP contribution in [0.15, 0.2) is 23.0 Å². The van der Waals surface area contributed by atoms with E-state index in [1.807, 2.05) is 6.92 Å². The Morgan fingerprint density at radius 3 is 3.04 bits per heavy atom. The molecule has 8 heteroatoms. The van der Waals surface area contributed by atoms with Crippen LogP contribution in [0.3, 0.4) is 0 Å². The van der Waals surface area contributed by atoms with E-state index in [1.165, 1.54) is 0 Å². The smallest absolute Gasteiger partial charge is 0.252 e. The lowest BCUT2D eigenvalue weighted by Crippen LogP contribution is -2.48. The summed E-state index contributed by atoms with van der Waals surface area (Å²) >= 11 is 0. The zero-order chi connectivity index (χ0) is 15.8. The molecule has 2 aromatic rings. The number of carbonyl (C=O) groups excluding carboxylic acids is 1. The summed E-state index contributed by atoms with van der Waals surface area (Å²) in [5.41, 5.74) is 0. The van der Waals surface area contributed by atoms with Gasteiger partial charge in [-0.25, -0.2) is 0 Å². The average molecular weight is 317 g/mol. The number of ether oxygens (including phenoxy) is 1. The van der Waals surface area contributed by atoms with Crippen molar-refractivity contribution in [2.45, 2.75) is 44.4 Å². The van der Waals surface area contributed by atoms with Crippen LogP contribution in [0.1, 0.15) is 43.4 Å². The topological polar surface area (TPSA) is 86.3 Å². The number of rotatable bonds is 4. The fraction of sp³-hybridized carbons (Fsp3) is 0.600. The Bertz CT molecular complexity index is 679.